The summed E-state index contributed by atoms with van der Waals surface area (Å²) in [6.45, 7) is 4.27. The van der Waals surface area contributed by atoms with Gasteiger partial charge in [-0.15, -0.1) is 0 Å². The SMILES string of the molecule is Cc1ccc(C)c(OCCC(=O)Nc2cccc(CCC(=O)O)c2)c1. The zero-order chi connectivity index (χ0) is 18.2. The molecule has 2 N–H and O–H groups in total. The molecule has 0 spiro atoms. The van der Waals surface area contributed by atoms with Crippen LogP contribution in [0.3, 0.4) is 0 Å². The summed E-state index contributed by atoms with van der Waals surface area (Å²) in [6.07, 6.45) is 0.753. The summed E-state index contributed by atoms with van der Waals surface area (Å²) < 4.78 is 5.69. The molecule has 0 heterocycles. The second-order valence-electron chi connectivity index (χ2n) is 6.01. The molecule has 0 saturated heterocycles. The summed E-state index contributed by atoms with van der Waals surface area (Å²) in [7, 11) is 0. The predicted molar refractivity (Wildman–Crippen MR) is 97.1 cm³/mol. The highest BCUT2D eigenvalue weighted by molar-refractivity contribution is 5.90. The zero-order valence-electron chi connectivity index (χ0n) is 14.5. The standard InChI is InChI=1S/C20H23NO4/c1-14-6-7-15(2)18(12-14)25-11-10-19(22)21-17-5-3-4-16(13-17)8-9-20(23)24/h3-7,12-13H,8-11H2,1-2H3,(H,21,22)(H,23,24). The lowest BCUT2D eigenvalue weighted by molar-refractivity contribution is -0.137. The summed E-state index contributed by atoms with van der Waals surface area (Å²) >= 11 is 0. The van der Waals surface area contributed by atoms with Crippen LogP contribution >= 0.6 is 0 Å². The molecule has 2 aromatic carbocycles. The number of anilines is 1. The molecule has 0 aliphatic carbocycles. The quantitative estimate of drug-likeness (QED) is 0.767. The molecule has 0 unspecified atom stereocenters. The maximum Gasteiger partial charge on any atom is 0.303 e. The number of hydrogen-bond acceptors (Lipinski definition) is 3. The van der Waals surface area contributed by atoms with Gasteiger partial charge in [-0.1, -0.05) is 24.3 Å². The first-order valence-electron chi connectivity index (χ1n) is 8.24. The van der Waals surface area contributed by atoms with Gasteiger partial charge in [-0.05, 0) is 55.2 Å². The average molecular weight is 341 g/mol. The van der Waals surface area contributed by atoms with Crippen molar-refractivity contribution in [3.8, 4) is 5.75 Å². The van der Waals surface area contributed by atoms with Crippen LogP contribution in [0, 0.1) is 13.8 Å². The van der Waals surface area contributed by atoms with E-state index in [-0.39, 0.29) is 18.7 Å². The number of amides is 1. The van der Waals surface area contributed by atoms with Crippen molar-refractivity contribution in [3.05, 3.63) is 59.2 Å². The van der Waals surface area contributed by atoms with E-state index in [1.807, 2.05) is 38.1 Å². The lowest BCUT2D eigenvalue weighted by Crippen LogP contribution is -2.15. The van der Waals surface area contributed by atoms with Gasteiger partial charge >= 0.3 is 5.97 Å². The minimum Gasteiger partial charge on any atom is -0.493 e. The Morgan fingerprint density at radius 2 is 1.88 bits per heavy atom. The highest BCUT2D eigenvalue weighted by atomic mass is 16.5. The zero-order valence-corrected chi connectivity index (χ0v) is 14.5. The Bertz CT molecular complexity index is 755. The van der Waals surface area contributed by atoms with E-state index in [1.54, 1.807) is 18.2 Å². The van der Waals surface area contributed by atoms with Gasteiger partial charge in [0.1, 0.15) is 5.75 Å². The Morgan fingerprint density at radius 1 is 1.08 bits per heavy atom. The van der Waals surface area contributed by atoms with Crippen molar-refractivity contribution in [2.45, 2.75) is 33.1 Å². The average Bonchev–Trinajstić information content (AvgIpc) is 2.56. The number of carbonyl (C=O) groups is 2. The van der Waals surface area contributed by atoms with Gasteiger partial charge in [-0.25, -0.2) is 0 Å². The van der Waals surface area contributed by atoms with E-state index in [9.17, 15) is 9.59 Å². The van der Waals surface area contributed by atoms with Crippen LogP contribution in [0.1, 0.15) is 29.5 Å². The van der Waals surface area contributed by atoms with Gasteiger partial charge in [0.05, 0.1) is 13.0 Å². The topological polar surface area (TPSA) is 75.6 Å². The summed E-state index contributed by atoms with van der Waals surface area (Å²) in [6, 6.07) is 13.2. The van der Waals surface area contributed by atoms with Crippen molar-refractivity contribution < 1.29 is 19.4 Å². The van der Waals surface area contributed by atoms with E-state index in [4.69, 9.17) is 9.84 Å². The molecule has 2 rings (SSSR count). The first kappa shape index (κ1) is 18.5. The van der Waals surface area contributed by atoms with Crippen LogP contribution in [-0.2, 0) is 16.0 Å². The fraction of sp³-hybridized carbons (Fsp3) is 0.300. The van der Waals surface area contributed by atoms with Crippen LogP contribution in [-0.4, -0.2) is 23.6 Å². The summed E-state index contributed by atoms with van der Waals surface area (Å²) in [5.41, 5.74) is 3.70. The van der Waals surface area contributed by atoms with Crippen molar-refractivity contribution in [1.29, 1.82) is 0 Å². The normalized spacial score (nSPS) is 10.3. The number of carbonyl (C=O) groups excluding carboxylic acids is 1. The van der Waals surface area contributed by atoms with Gasteiger partial charge < -0.3 is 15.2 Å². The number of rotatable bonds is 8. The minimum atomic E-state index is -0.835. The number of carboxylic acids is 1. The molecular formula is C20H23NO4. The maximum absolute atomic E-state index is 12.0. The maximum atomic E-state index is 12.0. The second-order valence-corrected chi connectivity index (χ2v) is 6.01. The molecule has 25 heavy (non-hydrogen) atoms. The lowest BCUT2D eigenvalue weighted by Gasteiger charge is -2.10. The molecule has 0 fully saturated rings. The van der Waals surface area contributed by atoms with E-state index < -0.39 is 5.97 Å². The monoisotopic (exact) mass is 341 g/mol. The van der Waals surface area contributed by atoms with Gasteiger partial charge in [0.2, 0.25) is 5.91 Å². The van der Waals surface area contributed by atoms with Crippen LogP contribution in [0.2, 0.25) is 0 Å². The van der Waals surface area contributed by atoms with Crippen LogP contribution in [0.4, 0.5) is 5.69 Å². The van der Waals surface area contributed by atoms with E-state index in [0.29, 0.717) is 18.7 Å². The third-order valence-corrected chi connectivity index (χ3v) is 3.77. The third kappa shape index (κ3) is 6.30. The first-order chi connectivity index (χ1) is 11.9. The van der Waals surface area contributed by atoms with Crippen molar-refractivity contribution in [1.82, 2.24) is 0 Å². The lowest BCUT2D eigenvalue weighted by atomic mass is 10.1. The highest BCUT2D eigenvalue weighted by Gasteiger charge is 2.06. The van der Waals surface area contributed by atoms with Crippen LogP contribution in [0.15, 0.2) is 42.5 Å². The fourth-order valence-electron chi connectivity index (χ4n) is 2.40. The molecule has 0 radical (unpaired) electrons. The molecule has 0 aliphatic rings. The Balaban J connectivity index is 1.83. The Morgan fingerprint density at radius 3 is 2.64 bits per heavy atom. The third-order valence-electron chi connectivity index (χ3n) is 3.77. The van der Waals surface area contributed by atoms with Gasteiger partial charge in [-0.3, -0.25) is 9.59 Å². The van der Waals surface area contributed by atoms with Crippen molar-refractivity contribution >= 4 is 17.6 Å². The van der Waals surface area contributed by atoms with Crippen LogP contribution in [0.25, 0.3) is 0 Å². The summed E-state index contributed by atoms with van der Waals surface area (Å²) in [5, 5.41) is 11.5. The number of aliphatic carboxylic acids is 1. The summed E-state index contributed by atoms with van der Waals surface area (Å²) in [5.74, 6) is -0.179. The number of aryl methyl sites for hydroxylation is 3. The molecule has 132 valence electrons. The van der Waals surface area contributed by atoms with E-state index in [2.05, 4.69) is 5.32 Å². The number of hydrogen-bond donors (Lipinski definition) is 2. The molecule has 2 aromatic rings. The van der Waals surface area contributed by atoms with Crippen molar-refractivity contribution in [3.63, 3.8) is 0 Å². The van der Waals surface area contributed by atoms with Gasteiger partial charge in [0, 0.05) is 12.1 Å². The molecule has 5 nitrogen and oxygen atoms in total. The molecule has 0 aromatic heterocycles. The van der Waals surface area contributed by atoms with Gasteiger partial charge in [0.25, 0.3) is 0 Å². The molecule has 5 heteroatoms. The van der Waals surface area contributed by atoms with E-state index in [0.717, 1.165) is 22.4 Å². The first-order valence-corrected chi connectivity index (χ1v) is 8.24. The number of benzene rings is 2. The van der Waals surface area contributed by atoms with Crippen molar-refractivity contribution in [2.75, 3.05) is 11.9 Å². The summed E-state index contributed by atoms with van der Waals surface area (Å²) in [4.78, 5) is 22.7. The molecule has 0 aliphatic heterocycles. The largest absolute Gasteiger partial charge is 0.493 e. The molecule has 0 saturated carbocycles. The van der Waals surface area contributed by atoms with Crippen molar-refractivity contribution in [2.24, 2.45) is 0 Å². The van der Waals surface area contributed by atoms with Crippen LogP contribution in [0.5, 0.6) is 5.75 Å². The Kier molecular flexibility index (Phi) is 6.57. The number of nitrogens with one attached hydrogen (secondary N) is 1. The number of ether oxygens (including phenoxy) is 1. The second kappa shape index (κ2) is 8.87. The molecule has 1 amide bonds. The fourth-order valence-corrected chi connectivity index (χ4v) is 2.40. The van der Waals surface area contributed by atoms with Gasteiger partial charge in [0.15, 0.2) is 0 Å². The highest BCUT2D eigenvalue weighted by Crippen LogP contribution is 2.19. The molecular weight excluding hydrogens is 318 g/mol. The molecule has 0 bridgehead atoms. The van der Waals surface area contributed by atoms with E-state index >= 15 is 0 Å². The minimum absolute atomic E-state index is 0.0705. The van der Waals surface area contributed by atoms with Gasteiger partial charge in [-0.2, -0.15) is 0 Å². The Labute approximate surface area is 147 Å². The smallest absolute Gasteiger partial charge is 0.303 e. The predicted octanol–water partition coefficient (Wildman–Crippen LogP) is 3.73. The number of carboxylic acid groups (broad SMARTS) is 1. The van der Waals surface area contributed by atoms with E-state index in [1.165, 1.54) is 0 Å². The Hall–Kier alpha value is -2.82. The molecule has 0 atom stereocenters. The van der Waals surface area contributed by atoms with Crippen LogP contribution < -0.4 is 10.1 Å².